The molecule has 2 nitrogen and oxygen atoms in total. The van der Waals surface area contributed by atoms with Crippen molar-refractivity contribution in [3.05, 3.63) is 39.2 Å². The summed E-state index contributed by atoms with van der Waals surface area (Å²) in [6, 6.07) is 0. The summed E-state index contributed by atoms with van der Waals surface area (Å²) in [5.74, 6) is 0. The molecule has 0 saturated carbocycles. The van der Waals surface area contributed by atoms with Crippen LogP contribution in [0.1, 0.15) is 27.7 Å². The van der Waals surface area contributed by atoms with Crippen LogP contribution in [-0.4, -0.2) is 49.3 Å². The van der Waals surface area contributed by atoms with Crippen molar-refractivity contribution in [2.45, 2.75) is 79.2 Å². The molecule has 0 radical (unpaired) electrons. The molecule has 0 heterocycles. The first-order valence-corrected chi connectivity index (χ1v) is 21.3. The minimum atomic E-state index is -1.59. The normalized spacial score (nSPS) is 23.2. The summed E-state index contributed by atoms with van der Waals surface area (Å²) >= 11 is -0.906. The van der Waals surface area contributed by atoms with E-state index in [4.69, 9.17) is 8.85 Å². The van der Waals surface area contributed by atoms with E-state index >= 15 is 0 Å². The van der Waals surface area contributed by atoms with Crippen LogP contribution >= 0.6 is 24.8 Å². The van der Waals surface area contributed by atoms with Crippen molar-refractivity contribution in [3.8, 4) is 0 Å². The van der Waals surface area contributed by atoms with E-state index in [9.17, 15) is 0 Å². The molecule has 9 heteroatoms. The maximum atomic E-state index is 6.73. The van der Waals surface area contributed by atoms with Gasteiger partial charge in [-0.15, -0.1) is 24.8 Å². The average Bonchev–Trinajstić information content (AvgIpc) is 2.82. The van der Waals surface area contributed by atoms with Gasteiger partial charge in [0.05, 0.1) is 0 Å². The number of hydrogen-bond donors (Lipinski definition) is 0. The van der Waals surface area contributed by atoms with Gasteiger partial charge in [-0.25, -0.2) is 0 Å². The minimum absolute atomic E-state index is 0. The van der Waals surface area contributed by atoms with Crippen molar-refractivity contribution in [1.82, 2.24) is 0 Å². The number of hydrogen-bond acceptors (Lipinski definition) is 2. The topological polar surface area (TPSA) is 18.5 Å². The molecule has 0 amide bonds. The summed E-state index contributed by atoms with van der Waals surface area (Å²) in [7, 11) is -0.916. The standard InChI is InChI=1S/2C10H19OSi2.2ClH.Zr/c2*1-7-8(2)10(12)6-9(7)11-13(3,4)5;;;/h2*9H,1-5,12H3;2*1H;. The molecule has 0 aromatic rings. The van der Waals surface area contributed by atoms with Crippen LogP contribution in [-0.2, 0) is 32.1 Å². The Kier molecular flexibility index (Phi) is 11.3. The van der Waals surface area contributed by atoms with E-state index in [1.165, 1.54) is 22.3 Å². The molecular formula is C20H40Cl2O2Si4Zr. The summed E-state index contributed by atoms with van der Waals surface area (Å²) in [6.45, 7) is 23.2. The van der Waals surface area contributed by atoms with Crippen molar-refractivity contribution in [2.24, 2.45) is 0 Å². The van der Waals surface area contributed by atoms with Crippen molar-refractivity contribution < 1.29 is 32.1 Å². The quantitative estimate of drug-likeness (QED) is 0.435. The Hall–Kier alpha value is 1.21. The molecule has 0 aromatic carbocycles. The molecule has 0 aromatic heterocycles. The smallest absolute Gasteiger partial charge is 0.147 e. The predicted octanol–water partition coefficient (Wildman–Crippen LogP) is 4.21. The Morgan fingerprint density at radius 1 is 0.655 bits per heavy atom. The Bertz CT molecular complexity index is 710. The third-order valence-corrected chi connectivity index (χ3v) is 17.0. The fraction of sp³-hybridized carbons (Fsp3) is 0.600. The fourth-order valence-corrected chi connectivity index (χ4v) is 13.6. The van der Waals surface area contributed by atoms with Gasteiger partial charge in [0.1, 0.15) is 0 Å². The Labute approximate surface area is 210 Å². The molecule has 2 rings (SSSR count). The summed E-state index contributed by atoms with van der Waals surface area (Å²) in [5.41, 5.74) is 6.02. The summed E-state index contributed by atoms with van der Waals surface area (Å²) < 4.78 is 16.9. The van der Waals surface area contributed by atoms with Gasteiger partial charge in [0, 0.05) is 0 Å². The molecule has 2 atom stereocenters. The van der Waals surface area contributed by atoms with Gasteiger partial charge in [0.25, 0.3) is 0 Å². The van der Waals surface area contributed by atoms with Gasteiger partial charge in [-0.05, 0) is 0 Å². The van der Waals surface area contributed by atoms with Crippen LogP contribution in [0.5, 0.6) is 0 Å². The zero-order valence-electron chi connectivity index (χ0n) is 20.3. The first kappa shape index (κ1) is 30.2. The van der Waals surface area contributed by atoms with E-state index < -0.39 is 39.9 Å². The van der Waals surface area contributed by atoms with Crippen LogP contribution in [0, 0.1) is 0 Å². The molecule has 2 aliphatic rings. The fourth-order valence-electron chi connectivity index (χ4n) is 3.68. The summed E-state index contributed by atoms with van der Waals surface area (Å²) in [5, 5.41) is 3.30. The van der Waals surface area contributed by atoms with E-state index in [-0.39, 0.29) is 37.0 Å². The van der Waals surface area contributed by atoms with Crippen molar-refractivity contribution in [2.75, 3.05) is 0 Å². The molecule has 2 unspecified atom stereocenters. The molecule has 0 spiro atoms. The second-order valence-corrected chi connectivity index (χ2v) is 24.2. The number of allylic oxidation sites excluding steroid dienone is 4. The molecule has 0 saturated heterocycles. The van der Waals surface area contributed by atoms with Crippen molar-refractivity contribution in [1.29, 1.82) is 0 Å². The first-order valence-electron chi connectivity index (χ1n) is 10.0. The second-order valence-electron chi connectivity index (χ2n) is 10.0. The Morgan fingerprint density at radius 2 is 0.931 bits per heavy atom. The average molecular weight is 587 g/mol. The molecule has 0 bridgehead atoms. The van der Waals surface area contributed by atoms with E-state index in [1.807, 2.05) is 0 Å². The van der Waals surface area contributed by atoms with Crippen LogP contribution in [0.15, 0.2) is 39.2 Å². The molecule has 0 fully saturated rings. The molecule has 166 valence electrons. The minimum Gasteiger partial charge on any atom is -0.147 e. The molecule has 0 N–H and O–H groups in total. The third kappa shape index (κ3) is 7.10. The number of halogens is 2. The molecular weight excluding hydrogens is 547 g/mol. The Balaban J connectivity index is 0.00000392. The van der Waals surface area contributed by atoms with Gasteiger partial charge >= 0.3 is 188 Å². The zero-order chi connectivity index (χ0) is 20.9. The molecule has 0 aliphatic heterocycles. The van der Waals surface area contributed by atoms with Crippen LogP contribution in [0.2, 0.25) is 39.3 Å². The van der Waals surface area contributed by atoms with Crippen LogP contribution < -0.4 is 0 Å². The van der Waals surface area contributed by atoms with Gasteiger partial charge in [-0.2, -0.15) is 0 Å². The predicted molar refractivity (Wildman–Crippen MR) is 142 cm³/mol. The molecule has 2 aliphatic carbocycles. The van der Waals surface area contributed by atoms with Gasteiger partial charge in [-0.1, -0.05) is 0 Å². The molecule has 29 heavy (non-hydrogen) atoms. The van der Waals surface area contributed by atoms with E-state index in [2.05, 4.69) is 67.0 Å². The maximum Gasteiger partial charge on any atom is -0.147 e. The van der Waals surface area contributed by atoms with Crippen molar-refractivity contribution >= 4 is 61.9 Å². The van der Waals surface area contributed by atoms with Gasteiger partial charge in [0.15, 0.2) is 0 Å². The van der Waals surface area contributed by atoms with Gasteiger partial charge in [-0.3, -0.25) is 0 Å². The second kappa shape index (κ2) is 10.9. The largest absolute Gasteiger partial charge is 0.147 e. The monoisotopic (exact) mass is 584 g/mol. The Morgan fingerprint density at radius 3 is 1.17 bits per heavy atom. The van der Waals surface area contributed by atoms with E-state index in [1.54, 1.807) is 17.0 Å². The van der Waals surface area contributed by atoms with Gasteiger partial charge < -0.3 is 0 Å². The first-order chi connectivity index (χ1) is 12.1. The third-order valence-electron chi connectivity index (χ3n) is 5.64. The zero-order valence-corrected chi connectivity index (χ0v) is 30.4. The number of rotatable bonds is 6. The van der Waals surface area contributed by atoms with E-state index in [0.717, 1.165) is 20.5 Å². The van der Waals surface area contributed by atoms with Crippen LogP contribution in [0.4, 0.5) is 0 Å². The van der Waals surface area contributed by atoms with Gasteiger partial charge in [0.2, 0.25) is 0 Å². The van der Waals surface area contributed by atoms with Crippen molar-refractivity contribution in [3.63, 3.8) is 0 Å². The summed E-state index contributed by atoms with van der Waals surface area (Å²) in [4.78, 5) is 0. The van der Waals surface area contributed by atoms with E-state index in [0.29, 0.717) is 0 Å². The maximum absolute atomic E-state index is 6.73. The summed E-state index contributed by atoms with van der Waals surface area (Å²) in [6.07, 6.45) is 0.540. The SMILES string of the molecule is CC1=C(C)C(O[Si](C)(C)C)[C]([Zr][C]2=C([SiH3])C(C)=C(C)C2O[Si](C)(C)C)=C1[SiH3].Cl.Cl. The van der Waals surface area contributed by atoms with Crippen LogP contribution in [0.3, 0.4) is 0 Å². The van der Waals surface area contributed by atoms with Crippen LogP contribution in [0.25, 0.3) is 0 Å².